The van der Waals surface area contributed by atoms with Gasteiger partial charge in [-0.3, -0.25) is 4.79 Å². The highest BCUT2D eigenvalue weighted by Gasteiger charge is 2.21. The first-order valence-corrected chi connectivity index (χ1v) is 8.37. The minimum atomic E-state index is -0.406. The number of hydrogen-bond donors (Lipinski definition) is 1. The van der Waals surface area contributed by atoms with Gasteiger partial charge in [0, 0.05) is 11.6 Å². The Morgan fingerprint density at radius 3 is 2.68 bits per heavy atom. The zero-order chi connectivity index (χ0) is 18.0. The van der Waals surface area contributed by atoms with Gasteiger partial charge in [0.25, 0.3) is 11.6 Å². The van der Waals surface area contributed by atoms with Crippen LogP contribution in [-0.2, 0) is 0 Å². The van der Waals surface area contributed by atoms with Crippen molar-refractivity contribution in [2.24, 2.45) is 0 Å². The highest BCUT2D eigenvalue weighted by Crippen LogP contribution is 2.28. The Bertz CT molecular complexity index is 916. The molecule has 0 fully saturated rings. The van der Waals surface area contributed by atoms with Crippen LogP contribution < -0.4 is 5.32 Å². The van der Waals surface area contributed by atoms with Crippen molar-refractivity contribution in [1.29, 1.82) is 0 Å². The van der Waals surface area contributed by atoms with Crippen LogP contribution in [0.1, 0.15) is 42.7 Å². The fourth-order valence-electron chi connectivity index (χ4n) is 2.84. The molecule has 3 rings (SSSR count). The predicted octanol–water partition coefficient (Wildman–Crippen LogP) is 4.26. The third-order valence-corrected chi connectivity index (χ3v) is 4.33. The first-order valence-electron chi connectivity index (χ1n) is 8.37. The van der Waals surface area contributed by atoms with Gasteiger partial charge in [-0.15, -0.1) is 0 Å². The molecule has 0 aliphatic rings. The van der Waals surface area contributed by atoms with Crippen LogP contribution in [0.2, 0.25) is 0 Å². The summed E-state index contributed by atoms with van der Waals surface area (Å²) in [6, 6.07) is 7.98. The molecule has 2 heterocycles. The van der Waals surface area contributed by atoms with Gasteiger partial charge in [0.2, 0.25) is 0 Å². The molecule has 0 aliphatic carbocycles. The van der Waals surface area contributed by atoms with E-state index < -0.39 is 5.82 Å². The predicted molar refractivity (Wildman–Crippen MR) is 93.8 cm³/mol. The van der Waals surface area contributed by atoms with E-state index in [4.69, 9.17) is 4.52 Å². The molecule has 1 N–H and O–H groups in total. The number of rotatable bonds is 5. The molecule has 3 aromatic rings. The van der Waals surface area contributed by atoms with Crippen molar-refractivity contribution in [3.8, 4) is 11.3 Å². The maximum absolute atomic E-state index is 14.1. The second-order valence-corrected chi connectivity index (χ2v) is 5.97. The van der Waals surface area contributed by atoms with Crippen LogP contribution in [0.4, 0.5) is 4.39 Å². The molecule has 0 atom stereocenters. The number of hydrogen-bond acceptors (Lipinski definition) is 4. The minimum absolute atomic E-state index is 0.0767. The molecule has 0 saturated carbocycles. The van der Waals surface area contributed by atoms with E-state index in [-0.39, 0.29) is 17.7 Å². The lowest BCUT2D eigenvalue weighted by Gasteiger charge is -2.15. The first-order chi connectivity index (χ1) is 12.0. The van der Waals surface area contributed by atoms with Crippen molar-refractivity contribution in [2.45, 2.75) is 39.7 Å². The van der Waals surface area contributed by atoms with Crippen molar-refractivity contribution in [3.05, 3.63) is 47.4 Å². The summed E-state index contributed by atoms with van der Waals surface area (Å²) in [6.07, 6.45) is 1.67. The van der Waals surface area contributed by atoms with Crippen molar-refractivity contribution < 1.29 is 13.7 Å². The lowest BCUT2D eigenvalue weighted by Crippen LogP contribution is -2.34. The highest BCUT2D eigenvalue weighted by molar-refractivity contribution is 6.07. The van der Waals surface area contributed by atoms with Crippen molar-refractivity contribution in [3.63, 3.8) is 0 Å². The number of benzene rings is 1. The zero-order valence-corrected chi connectivity index (χ0v) is 14.5. The number of aromatic nitrogens is 2. The molecule has 0 aliphatic heterocycles. The van der Waals surface area contributed by atoms with Crippen LogP contribution in [0, 0.1) is 12.7 Å². The topological polar surface area (TPSA) is 68.0 Å². The molecule has 0 radical (unpaired) electrons. The Morgan fingerprint density at radius 1 is 1.28 bits per heavy atom. The van der Waals surface area contributed by atoms with Gasteiger partial charge < -0.3 is 9.84 Å². The quantitative estimate of drug-likeness (QED) is 0.753. The Kier molecular flexibility index (Phi) is 4.79. The number of amides is 1. The fourth-order valence-corrected chi connectivity index (χ4v) is 2.84. The molecule has 6 heteroatoms. The highest BCUT2D eigenvalue weighted by atomic mass is 19.1. The largest absolute Gasteiger partial charge is 0.349 e. The normalized spacial score (nSPS) is 11.2. The van der Waals surface area contributed by atoms with E-state index in [0.717, 1.165) is 12.8 Å². The van der Waals surface area contributed by atoms with Gasteiger partial charge >= 0.3 is 0 Å². The summed E-state index contributed by atoms with van der Waals surface area (Å²) in [5.74, 6) is -0.637. The van der Waals surface area contributed by atoms with Crippen LogP contribution >= 0.6 is 0 Å². The van der Waals surface area contributed by atoms with E-state index in [1.807, 2.05) is 13.8 Å². The number of aryl methyl sites for hydroxylation is 1. The van der Waals surface area contributed by atoms with Crippen LogP contribution in [0.15, 0.2) is 34.9 Å². The number of halogens is 1. The lowest BCUT2D eigenvalue weighted by atomic mass is 10.0. The van der Waals surface area contributed by atoms with E-state index in [0.29, 0.717) is 27.9 Å². The molecule has 1 amide bonds. The van der Waals surface area contributed by atoms with E-state index in [1.54, 1.807) is 31.2 Å². The molecule has 0 unspecified atom stereocenters. The number of fused-ring (bicyclic) bond motifs is 1. The van der Waals surface area contributed by atoms with Crippen LogP contribution in [0.5, 0.6) is 0 Å². The lowest BCUT2D eigenvalue weighted by molar-refractivity contribution is 0.0936. The summed E-state index contributed by atoms with van der Waals surface area (Å²) in [6.45, 7) is 5.79. The standard InChI is InChI=1S/C19H20FN3O2/c1-4-12(5-2)21-18(24)14-10-16(13-8-6-7-9-15(13)20)22-19-17(14)11(3)23-25-19/h6-10,12H,4-5H2,1-3H3,(H,21,24). The number of nitrogens with one attached hydrogen (secondary N) is 1. The molecule has 0 bridgehead atoms. The summed E-state index contributed by atoms with van der Waals surface area (Å²) < 4.78 is 19.4. The summed E-state index contributed by atoms with van der Waals surface area (Å²) in [5, 5.41) is 7.47. The Morgan fingerprint density at radius 2 is 2.00 bits per heavy atom. The van der Waals surface area contributed by atoms with Gasteiger partial charge in [0.05, 0.1) is 22.3 Å². The van der Waals surface area contributed by atoms with E-state index in [2.05, 4.69) is 15.5 Å². The van der Waals surface area contributed by atoms with Gasteiger partial charge in [0.1, 0.15) is 5.82 Å². The van der Waals surface area contributed by atoms with E-state index in [1.165, 1.54) is 6.07 Å². The SMILES string of the molecule is CCC(CC)NC(=O)c1cc(-c2ccccc2F)nc2onc(C)c12. The molecular formula is C19H20FN3O2. The second kappa shape index (κ2) is 7.01. The minimum Gasteiger partial charge on any atom is -0.349 e. The smallest absolute Gasteiger partial charge is 0.259 e. The average Bonchev–Trinajstić information content (AvgIpc) is 3.00. The van der Waals surface area contributed by atoms with Crippen LogP contribution in [0.25, 0.3) is 22.4 Å². The second-order valence-electron chi connectivity index (χ2n) is 5.97. The van der Waals surface area contributed by atoms with Gasteiger partial charge in [0.15, 0.2) is 0 Å². The Labute approximate surface area is 145 Å². The van der Waals surface area contributed by atoms with Gasteiger partial charge in [-0.25, -0.2) is 9.37 Å². The first kappa shape index (κ1) is 17.1. The maximum atomic E-state index is 14.1. The Hall–Kier alpha value is -2.76. The third-order valence-electron chi connectivity index (χ3n) is 4.33. The number of pyridine rings is 1. The monoisotopic (exact) mass is 341 g/mol. The fraction of sp³-hybridized carbons (Fsp3) is 0.316. The third kappa shape index (κ3) is 3.24. The molecule has 5 nitrogen and oxygen atoms in total. The summed E-state index contributed by atoms with van der Waals surface area (Å²) in [5.41, 5.74) is 1.87. The molecule has 25 heavy (non-hydrogen) atoms. The molecular weight excluding hydrogens is 321 g/mol. The number of nitrogens with zero attached hydrogens (tertiary/aromatic N) is 2. The molecule has 2 aromatic heterocycles. The van der Waals surface area contributed by atoms with Gasteiger partial charge in [-0.1, -0.05) is 31.1 Å². The van der Waals surface area contributed by atoms with Crippen molar-refractivity contribution in [2.75, 3.05) is 0 Å². The number of carbonyl (C=O) groups excluding carboxylic acids is 1. The van der Waals surface area contributed by atoms with Gasteiger partial charge in [-0.05, 0) is 38.0 Å². The molecule has 130 valence electrons. The number of carbonyl (C=O) groups is 1. The maximum Gasteiger partial charge on any atom is 0.259 e. The molecule has 0 spiro atoms. The van der Waals surface area contributed by atoms with Gasteiger partial charge in [-0.2, -0.15) is 0 Å². The molecule has 1 aromatic carbocycles. The van der Waals surface area contributed by atoms with E-state index >= 15 is 0 Å². The van der Waals surface area contributed by atoms with Crippen LogP contribution in [0.3, 0.4) is 0 Å². The van der Waals surface area contributed by atoms with E-state index in [9.17, 15) is 9.18 Å². The Balaban J connectivity index is 2.14. The zero-order valence-electron chi connectivity index (χ0n) is 14.5. The van der Waals surface area contributed by atoms with Crippen molar-refractivity contribution in [1.82, 2.24) is 15.5 Å². The molecule has 0 saturated heterocycles. The average molecular weight is 341 g/mol. The van der Waals surface area contributed by atoms with Crippen molar-refractivity contribution >= 4 is 17.0 Å². The summed E-state index contributed by atoms with van der Waals surface area (Å²) >= 11 is 0. The summed E-state index contributed by atoms with van der Waals surface area (Å²) in [4.78, 5) is 17.1. The van der Waals surface area contributed by atoms with Crippen LogP contribution in [-0.4, -0.2) is 22.1 Å². The summed E-state index contributed by atoms with van der Waals surface area (Å²) in [7, 11) is 0.